The van der Waals surface area contributed by atoms with E-state index in [4.69, 9.17) is 10.7 Å². The second kappa shape index (κ2) is 5.78. The zero-order valence-electron chi connectivity index (χ0n) is 10.1. The minimum atomic E-state index is 0.526. The Labute approximate surface area is 102 Å². The Morgan fingerprint density at radius 3 is 2.88 bits per heavy atom. The average Bonchev–Trinajstić information content (AvgIpc) is 2.80. The quantitative estimate of drug-likeness (QED) is 0.869. The van der Waals surface area contributed by atoms with Crippen LogP contribution in [0, 0.1) is 0 Å². The van der Waals surface area contributed by atoms with E-state index in [1.54, 1.807) is 0 Å². The molecular formula is C13H22N2S. The van der Waals surface area contributed by atoms with Crippen LogP contribution in [0.5, 0.6) is 0 Å². The zero-order valence-corrected chi connectivity index (χ0v) is 10.9. The van der Waals surface area contributed by atoms with Crippen molar-refractivity contribution in [3.8, 4) is 0 Å². The molecule has 16 heavy (non-hydrogen) atoms. The third-order valence-corrected chi connectivity index (χ3v) is 4.62. The standard InChI is InChI=1S/C13H22N2S/c1-10(7-8-14)12-9-16-13(15-12)11-5-3-2-4-6-11/h9-11H,2-8,14H2,1H3. The summed E-state index contributed by atoms with van der Waals surface area (Å²) in [6.07, 6.45) is 7.93. The van der Waals surface area contributed by atoms with Gasteiger partial charge in [-0.2, -0.15) is 0 Å². The third-order valence-electron chi connectivity index (χ3n) is 3.60. The van der Waals surface area contributed by atoms with Crippen LogP contribution >= 0.6 is 11.3 Å². The molecule has 2 rings (SSSR count). The normalized spacial score (nSPS) is 19.9. The molecule has 0 aliphatic heterocycles. The Kier molecular flexibility index (Phi) is 4.36. The molecule has 1 fully saturated rings. The fraction of sp³-hybridized carbons (Fsp3) is 0.769. The van der Waals surface area contributed by atoms with E-state index in [2.05, 4.69) is 12.3 Å². The highest BCUT2D eigenvalue weighted by Crippen LogP contribution is 2.35. The van der Waals surface area contributed by atoms with Crippen molar-refractivity contribution in [1.82, 2.24) is 4.98 Å². The van der Waals surface area contributed by atoms with Gasteiger partial charge in [0.25, 0.3) is 0 Å². The Hall–Kier alpha value is -0.410. The number of hydrogen-bond acceptors (Lipinski definition) is 3. The lowest BCUT2D eigenvalue weighted by molar-refractivity contribution is 0.441. The zero-order chi connectivity index (χ0) is 11.4. The molecule has 2 nitrogen and oxygen atoms in total. The van der Waals surface area contributed by atoms with Gasteiger partial charge >= 0.3 is 0 Å². The molecule has 0 amide bonds. The Balaban J connectivity index is 2.00. The second-order valence-corrected chi connectivity index (χ2v) is 5.81. The monoisotopic (exact) mass is 238 g/mol. The molecule has 90 valence electrons. The highest BCUT2D eigenvalue weighted by atomic mass is 32.1. The van der Waals surface area contributed by atoms with Crippen molar-refractivity contribution in [2.75, 3.05) is 6.54 Å². The van der Waals surface area contributed by atoms with Crippen molar-refractivity contribution in [3.63, 3.8) is 0 Å². The largest absolute Gasteiger partial charge is 0.330 e. The minimum absolute atomic E-state index is 0.526. The summed E-state index contributed by atoms with van der Waals surface area (Å²) < 4.78 is 0. The summed E-state index contributed by atoms with van der Waals surface area (Å²) in [7, 11) is 0. The van der Waals surface area contributed by atoms with Gasteiger partial charge in [0.15, 0.2) is 0 Å². The average molecular weight is 238 g/mol. The number of hydrogen-bond donors (Lipinski definition) is 1. The van der Waals surface area contributed by atoms with E-state index in [1.165, 1.54) is 42.8 Å². The number of rotatable bonds is 4. The van der Waals surface area contributed by atoms with Gasteiger partial charge in [-0.25, -0.2) is 4.98 Å². The molecule has 0 saturated heterocycles. The maximum atomic E-state index is 5.59. The van der Waals surface area contributed by atoms with Crippen LogP contribution in [0.3, 0.4) is 0 Å². The molecule has 1 aromatic rings. The van der Waals surface area contributed by atoms with E-state index in [1.807, 2.05) is 11.3 Å². The summed E-state index contributed by atoms with van der Waals surface area (Å²) in [5.74, 6) is 1.27. The van der Waals surface area contributed by atoms with E-state index >= 15 is 0 Å². The summed E-state index contributed by atoms with van der Waals surface area (Å²) >= 11 is 1.86. The molecule has 1 aliphatic carbocycles. The predicted octanol–water partition coefficient (Wildman–Crippen LogP) is 3.64. The van der Waals surface area contributed by atoms with Crippen molar-refractivity contribution in [1.29, 1.82) is 0 Å². The van der Waals surface area contributed by atoms with E-state index in [-0.39, 0.29) is 0 Å². The van der Waals surface area contributed by atoms with Gasteiger partial charge in [-0.05, 0) is 25.8 Å². The van der Waals surface area contributed by atoms with E-state index < -0.39 is 0 Å². The van der Waals surface area contributed by atoms with Gasteiger partial charge in [-0.15, -0.1) is 11.3 Å². The predicted molar refractivity (Wildman–Crippen MR) is 70.0 cm³/mol. The number of thiazole rings is 1. The van der Waals surface area contributed by atoms with Crippen LogP contribution in [0.25, 0.3) is 0 Å². The molecule has 0 spiro atoms. The van der Waals surface area contributed by atoms with Crippen molar-refractivity contribution in [2.24, 2.45) is 5.73 Å². The molecule has 1 aromatic heterocycles. The molecule has 1 heterocycles. The lowest BCUT2D eigenvalue weighted by Gasteiger charge is -2.19. The highest BCUT2D eigenvalue weighted by Gasteiger charge is 2.19. The van der Waals surface area contributed by atoms with Crippen molar-refractivity contribution >= 4 is 11.3 Å². The molecule has 0 radical (unpaired) electrons. The first kappa shape index (κ1) is 12.1. The van der Waals surface area contributed by atoms with Crippen LogP contribution in [0.15, 0.2) is 5.38 Å². The van der Waals surface area contributed by atoms with Crippen molar-refractivity contribution in [2.45, 2.75) is 57.3 Å². The molecule has 0 bridgehead atoms. The van der Waals surface area contributed by atoms with Crippen molar-refractivity contribution < 1.29 is 0 Å². The van der Waals surface area contributed by atoms with Gasteiger partial charge in [-0.3, -0.25) is 0 Å². The van der Waals surface area contributed by atoms with Crippen LogP contribution in [0.4, 0.5) is 0 Å². The number of nitrogens with two attached hydrogens (primary N) is 1. The molecule has 1 unspecified atom stereocenters. The molecule has 1 saturated carbocycles. The second-order valence-electron chi connectivity index (χ2n) is 4.92. The SMILES string of the molecule is CC(CCN)c1csc(C2CCCCC2)n1. The summed E-state index contributed by atoms with van der Waals surface area (Å²) in [6.45, 7) is 2.99. The Morgan fingerprint density at radius 2 is 2.19 bits per heavy atom. The van der Waals surface area contributed by atoms with Gasteiger partial charge < -0.3 is 5.73 Å². The molecule has 3 heteroatoms. The van der Waals surface area contributed by atoms with Crippen LogP contribution in [0.1, 0.15) is 68.0 Å². The maximum absolute atomic E-state index is 5.59. The summed E-state index contributed by atoms with van der Waals surface area (Å²) in [5, 5.41) is 3.61. The topological polar surface area (TPSA) is 38.9 Å². The molecule has 1 aliphatic rings. The lowest BCUT2D eigenvalue weighted by atomic mass is 9.90. The third kappa shape index (κ3) is 2.83. The lowest BCUT2D eigenvalue weighted by Crippen LogP contribution is -2.06. The van der Waals surface area contributed by atoms with E-state index in [0.29, 0.717) is 5.92 Å². The van der Waals surface area contributed by atoms with Gasteiger partial charge in [0, 0.05) is 17.2 Å². The van der Waals surface area contributed by atoms with Gasteiger partial charge in [0.05, 0.1) is 10.7 Å². The first-order chi connectivity index (χ1) is 7.81. The van der Waals surface area contributed by atoms with Crippen molar-refractivity contribution in [3.05, 3.63) is 16.1 Å². The first-order valence-electron chi connectivity index (χ1n) is 6.46. The Morgan fingerprint density at radius 1 is 1.44 bits per heavy atom. The minimum Gasteiger partial charge on any atom is -0.330 e. The summed E-state index contributed by atoms with van der Waals surface area (Å²) in [6, 6.07) is 0. The number of aromatic nitrogens is 1. The van der Waals surface area contributed by atoms with Crippen LogP contribution in [-0.4, -0.2) is 11.5 Å². The molecule has 0 aromatic carbocycles. The molecular weight excluding hydrogens is 216 g/mol. The smallest absolute Gasteiger partial charge is 0.0959 e. The van der Waals surface area contributed by atoms with Gasteiger partial charge in [0.1, 0.15) is 0 Å². The fourth-order valence-corrected chi connectivity index (χ4v) is 3.57. The van der Waals surface area contributed by atoms with E-state index in [9.17, 15) is 0 Å². The fourth-order valence-electron chi connectivity index (χ4n) is 2.46. The van der Waals surface area contributed by atoms with Gasteiger partial charge in [0.2, 0.25) is 0 Å². The van der Waals surface area contributed by atoms with Crippen LogP contribution in [0.2, 0.25) is 0 Å². The first-order valence-corrected chi connectivity index (χ1v) is 7.34. The van der Waals surface area contributed by atoms with Gasteiger partial charge in [-0.1, -0.05) is 26.2 Å². The number of nitrogens with zero attached hydrogens (tertiary/aromatic N) is 1. The Bertz CT molecular complexity index is 315. The highest BCUT2D eigenvalue weighted by molar-refractivity contribution is 7.09. The van der Waals surface area contributed by atoms with E-state index in [0.717, 1.165) is 18.9 Å². The van der Waals surface area contributed by atoms with Crippen LogP contribution < -0.4 is 5.73 Å². The maximum Gasteiger partial charge on any atom is 0.0959 e. The van der Waals surface area contributed by atoms with Crippen LogP contribution in [-0.2, 0) is 0 Å². The summed E-state index contributed by atoms with van der Waals surface area (Å²) in [4.78, 5) is 4.82. The summed E-state index contributed by atoms with van der Waals surface area (Å²) in [5.41, 5.74) is 6.85. The molecule has 2 N–H and O–H groups in total. The molecule has 1 atom stereocenters.